The molecule has 2 heterocycles. The number of rotatable bonds is 7. The standard InChI is InChI=1S/C19H19N3O3/c1-14(10-15-6-5-9-20-11-15)21-19(23)17-12-25-18(22-17)13-24-16-7-3-2-4-8-16/h2-9,11-12,14H,10,13H2,1H3,(H,21,23)/t14-/m0/s1. The van der Waals surface area contributed by atoms with Crippen LogP contribution in [-0.2, 0) is 13.0 Å². The molecular weight excluding hydrogens is 318 g/mol. The quantitative estimate of drug-likeness (QED) is 0.717. The smallest absolute Gasteiger partial charge is 0.273 e. The van der Waals surface area contributed by atoms with E-state index in [2.05, 4.69) is 15.3 Å². The van der Waals surface area contributed by atoms with Crippen LogP contribution in [-0.4, -0.2) is 21.9 Å². The number of hydrogen-bond donors (Lipinski definition) is 1. The van der Waals surface area contributed by atoms with Crippen molar-refractivity contribution >= 4 is 5.91 Å². The third kappa shape index (κ3) is 4.91. The van der Waals surface area contributed by atoms with Gasteiger partial charge in [-0.1, -0.05) is 24.3 Å². The van der Waals surface area contributed by atoms with E-state index in [0.717, 1.165) is 11.3 Å². The second-order valence-electron chi connectivity index (χ2n) is 5.67. The minimum absolute atomic E-state index is 0.0441. The Morgan fingerprint density at radius 1 is 1.24 bits per heavy atom. The van der Waals surface area contributed by atoms with Crippen LogP contribution in [0.3, 0.4) is 0 Å². The van der Waals surface area contributed by atoms with Gasteiger partial charge < -0.3 is 14.5 Å². The minimum atomic E-state index is -0.272. The number of ether oxygens (including phenoxy) is 1. The van der Waals surface area contributed by atoms with Gasteiger partial charge in [-0.15, -0.1) is 0 Å². The summed E-state index contributed by atoms with van der Waals surface area (Å²) in [4.78, 5) is 20.5. The molecule has 6 heteroatoms. The van der Waals surface area contributed by atoms with Crippen molar-refractivity contribution in [2.24, 2.45) is 0 Å². The Morgan fingerprint density at radius 2 is 2.08 bits per heavy atom. The Morgan fingerprint density at radius 3 is 2.84 bits per heavy atom. The monoisotopic (exact) mass is 337 g/mol. The topological polar surface area (TPSA) is 77.2 Å². The summed E-state index contributed by atoms with van der Waals surface area (Å²) in [5, 5.41) is 2.90. The third-order valence-electron chi connectivity index (χ3n) is 3.53. The Hall–Kier alpha value is -3.15. The van der Waals surface area contributed by atoms with Gasteiger partial charge in [-0.25, -0.2) is 4.98 Å². The molecule has 0 aliphatic rings. The van der Waals surface area contributed by atoms with Crippen molar-refractivity contribution in [1.82, 2.24) is 15.3 Å². The second kappa shape index (κ2) is 8.10. The molecule has 3 aromatic rings. The number of para-hydroxylation sites is 1. The molecule has 6 nitrogen and oxygen atoms in total. The highest BCUT2D eigenvalue weighted by molar-refractivity contribution is 5.92. The predicted octanol–water partition coefficient (Wildman–Crippen LogP) is 3.01. The number of carbonyl (C=O) groups is 1. The van der Waals surface area contributed by atoms with E-state index in [4.69, 9.17) is 9.15 Å². The molecule has 0 radical (unpaired) electrons. The van der Waals surface area contributed by atoms with Crippen molar-refractivity contribution < 1.29 is 13.9 Å². The summed E-state index contributed by atoms with van der Waals surface area (Å²) >= 11 is 0. The zero-order valence-electron chi connectivity index (χ0n) is 13.9. The van der Waals surface area contributed by atoms with E-state index < -0.39 is 0 Å². The summed E-state index contributed by atoms with van der Waals surface area (Å²) in [7, 11) is 0. The number of nitrogens with one attached hydrogen (secondary N) is 1. The lowest BCUT2D eigenvalue weighted by molar-refractivity contribution is 0.0935. The van der Waals surface area contributed by atoms with Crippen molar-refractivity contribution in [1.29, 1.82) is 0 Å². The molecule has 0 aliphatic heterocycles. The molecule has 1 amide bonds. The zero-order valence-corrected chi connectivity index (χ0v) is 13.9. The van der Waals surface area contributed by atoms with E-state index in [1.54, 1.807) is 12.4 Å². The fraction of sp³-hybridized carbons (Fsp3) is 0.211. The minimum Gasteiger partial charge on any atom is -0.484 e. The highest BCUT2D eigenvalue weighted by Gasteiger charge is 2.15. The number of hydrogen-bond acceptors (Lipinski definition) is 5. The van der Waals surface area contributed by atoms with Crippen LogP contribution in [0.2, 0.25) is 0 Å². The number of oxazole rings is 1. The van der Waals surface area contributed by atoms with Crippen LogP contribution in [0.4, 0.5) is 0 Å². The highest BCUT2D eigenvalue weighted by atomic mass is 16.5. The summed E-state index contributed by atoms with van der Waals surface area (Å²) in [6, 6.07) is 13.2. The van der Waals surface area contributed by atoms with Crippen LogP contribution in [0.1, 0.15) is 28.9 Å². The molecule has 3 rings (SSSR count). The summed E-state index contributed by atoms with van der Waals surface area (Å²) in [6.07, 6.45) is 5.55. The fourth-order valence-electron chi connectivity index (χ4n) is 2.36. The van der Waals surface area contributed by atoms with Crippen LogP contribution in [0.5, 0.6) is 5.75 Å². The first kappa shape index (κ1) is 16.7. The van der Waals surface area contributed by atoms with Gasteiger partial charge in [-0.2, -0.15) is 0 Å². The fourth-order valence-corrected chi connectivity index (χ4v) is 2.36. The molecule has 1 N–H and O–H groups in total. The Kier molecular flexibility index (Phi) is 5.41. The molecule has 1 atom stereocenters. The average molecular weight is 337 g/mol. The third-order valence-corrected chi connectivity index (χ3v) is 3.53. The van der Waals surface area contributed by atoms with E-state index in [1.807, 2.05) is 49.4 Å². The van der Waals surface area contributed by atoms with Crippen LogP contribution < -0.4 is 10.1 Å². The van der Waals surface area contributed by atoms with Crippen molar-refractivity contribution in [2.45, 2.75) is 26.0 Å². The van der Waals surface area contributed by atoms with Gasteiger partial charge in [-0.3, -0.25) is 9.78 Å². The van der Waals surface area contributed by atoms with E-state index >= 15 is 0 Å². The van der Waals surface area contributed by atoms with Crippen LogP contribution in [0.25, 0.3) is 0 Å². The molecule has 0 spiro atoms. The van der Waals surface area contributed by atoms with Gasteiger partial charge >= 0.3 is 0 Å². The molecular formula is C19H19N3O3. The van der Waals surface area contributed by atoms with Crippen molar-refractivity contribution in [3.8, 4) is 5.75 Å². The molecule has 0 bridgehead atoms. The van der Waals surface area contributed by atoms with Gasteiger partial charge in [-0.05, 0) is 37.1 Å². The maximum Gasteiger partial charge on any atom is 0.273 e. The van der Waals surface area contributed by atoms with Gasteiger partial charge in [0.2, 0.25) is 5.89 Å². The van der Waals surface area contributed by atoms with Gasteiger partial charge in [0.05, 0.1) is 0 Å². The van der Waals surface area contributed by atoms with E-state index in [9.17, 15) is 4.79 Å². The summed E-state index contributed by atoms with van der Waals surface area (Å²) in [5.74, 6) is 0.803. The molecule has 25 heavy (non-hydrogen) atoms. The van der Waals surface area contributed by atoms with E-state index in [0.29, 0.717) is 12.3 Å². The molecule has 128 valence electrons. The number of carbonyl (C=O) groups excluding carboxylic acids is 1. The van der Waals surface area contributed by atoms with Crippen LogP contribution >= 0.6 is 0 Å². The summed E-state index contributed by atoms with van der Waals surface area (Å²) < 4.78 is 10.9. The number of nitrogens with zero attached hydrogens (tertiary/aromatic N) is 2. The SMILES string of the molecule is C[C@@H](Cc1cccnc1)NC(=O)c1coc(COc2ccccc2)n1. The molecule has 0 fully saturated rings. The van der Waals surface area contributed by atoms with Crippen LogP contribution in [0.15, 0.2) is 65.5 Å². The molecule has 2 aromatic heterocycles. The van der Waals surface area contributed by atoms with Crippen molar-refractivity contribution in [2.75, 3.05) is 0 Å². The maximum absolute atomic E-state index is 12.2. The second-order valence-corrected chi connectivity index (χ2v) is 5.67. The Balaban J connectivity index is 1.51. The van der Waals surface area contributed by atoms with E-state index in [-0.39, 0.29) is 24.2 Å². The van der Waals surface area contributed by atoms with Gasteiger partial charge in [0.1, 0.15) is 12.0 Å². The lowest BCUT2D eigenvalue weighted by Gasteiger charge is -2.12. The predicted molar refractivity (Wildman–Crippen MR) is 92.1 cm³/mol. The Labute approximate surface area is 145 Å². The number of benzene rings is 1. The summed E-state index contributed by atoms with van der Waals surface area (Å²) in [5.41, 5.74) is 1.30. The maximum atomic E-state index is 12.2. The van der Waals surface area contributed by atoms with Crippen molar-refractivity contribution in [3.63, 3.8) is 0 Å². The largest absolute Gasteiger partial charge is 0.484 e. The first-order valence-electron chi connectivity index (χ1n) is 8.03. The normalized spacial score (nSPS) is 11.7. The molecule has 0 aliphatic carbocycles. The number of aromatic nitrogens is 2. The Bertz CT molecular complexity index is 803. The zero-order chi connectivity index (χ0) is 17.5. The first-order valence-corrected chi connectivity index (χ1v) is 8.03. The number of pyridine rings is 1. The van der Waals surface area contributed by atoms with Crippen LogP contribution in [0, 0.1) is 0 Å². The first-order chi connectivity index (χ1) is 12.2. The lowest BCUT2D eigenvalue weighted by Crippen LogP contribution is -2.34. The average Bonchev–Trinajstić information content (AvgIpc) is 3.11. The number of amides is 1. The van der Waals surface area contributed by atoms with Gasteiger partial charge in [0.25, 0.3) is 5.91 Å². The molecule has 0 saturated heterocycles. The van der Waals surface area contributed by atoms with Gasteiger partial charge in [0.15, 0.2) is 12.3 Å². The van der Waals surface area contributed by atoms with E-state index in [1.165, 1.54) is 6.26 Å². The van der Waals surface area contributed by atoms with Crippen molar-refractivity contribution in [3.05, 3.63) is 78.3 Å². The lowest BCUT2D eigenvalue weighted by atomic mass is 10.1. The summed E-state index contributed by atoms with van der Waals surface area (Å²) in [6.45, 7) is 2.10. The highest BCUT2D eigenvalue weighted by Crippen LogP contribution is 2.12. The molecule has 0 saturated carbocycles. The van der Waals surface area contributed by atoms with Gasteiger partial charge in [0, 0.05) is 18.4 Å². The molecule has 0 unspecified atom stereocenters. The molecule has 1 aromatic carbocycles.